The number of anilines is 1. The second kappa shape index (κ2) is 9.45. The predicted octanol–water partition coefficient (Wildman–Crippen LogP) is 4.52. The number of benzene rings is 2. The van der Waals surface area contributed by atoms with Crippen molar-refractivity contribution >= 4 is 40.6 Å². The summed E-state index contributed by atoms with van der Waals surface area (Å²) in [6.45, 7) is 1.77. The zero-order chi connectivity index (χ0) is 21.8. The number of halogens is 2. The lowest BCUT2D eigenvalue weighted by atomic mass is 10.2. The molecule has 1 aromatic heterocycles. The first-order valence-corrected chi connectivity index (χ1v) is 11.0. The molecule has 1 aliphatic rings. The van der Waals surface area contributed by atoms with E-state index >= 15 is 0 Å². The molecule has 0 bridgehead atoms. The molecule has 1 aliphatic heterocycles. The largest absolute Gasteiger partial charge is 0.339 e. The smallest absolute Gasteiger partial charge is 0.321 e. The third-order valence-corrected chi connectivity index (χ3v) is 6.26. The number of amides is 3. The van der Waals surface area contributed by atoms with E-state index in [4.69, 9.17) is 11.6 Å². The lowest BCUT2D eigenvalue weighted by molar-refractivity contribution is -0.131. The second-order valence-electron chi connectivity index (χ2n) is 7.11. The fourth-order valence-corrected chi connectivity index (χ4v) is 4.45. The molecule has 160 valence electrons. The van der Waals surface area contributed by atoms with E-state index in [1.807, 2.05) is 29.6 Å². The van der Waals surface area contributed by atoms with Crippen LogP contribution in [0.1, 0.15) is 5.69 Å². The maximum absolute atomic E-state index is 13.0. The zero-order valence-corrected chi connectivity index (χ0v) is 18.1. The summed E-state index contributed by atoms with van der Waals surface area (Å²) in [6, 6.07) is 12.8. The van der Waals surface area contributed by atoms with Gasteiger partial charge in [0.05, 0.1) is 17.1 Å². The van der Waals surface area contributed by atoms with Crippen LogP contribution in [0, 0.1) is 5.82 Å². The number of hydrogen-bond donors (Lipinski definition) is 1. The quantitative estimate of drug-likeness (QED) is 0.625. The Morgan fingerprint density at radius 1 is 1.03 bits per heavy atom. The van der Waals surface area contributed by atoms with Crippen molar-refractivity contribution in [1.29, 1.82) is 0 Å². The number of hydrogen-bond acceptors (Lipinski definition) is 4. The van der Waals surface area contributed by atoms with Crippen LogP contribution in [0.2, 0.25) is 5.02 Å². The van der Waals surface area contributed by atoms with Crippen LogP contribution in [0.3, 0.4) is 0 Å². The number of nitrogens with one attached hydrogen (secondary N) is 1. The Balaban J connectivity index is 1.29. The van der Waals surface area contributed by atoms with Gasteiger partial charge in [-0.1, -0.05) is 29.8 Å². The number of thiazole rings is 1. The Hall–Kier alpha value is -2.97. The average molecular weight is 459 g/mol. The maximum Gasteiger partial charge on any atom is 0.321 e. The molecule has 31 heavy (non-hydrogen) atoms. The van der Waals surface area contributed by atoms with Gasteiger partial charge in [0.2, 0.25) is 5.91 Å². The molecule has 0 aliphatic carbocycles. The number of nitrogens with zero attached hydrogens (tertiary/aromatic N) is 3. The van der Waals surface area contributed by atoms with Gasteiger partial charge in [0.15, 0.2) is 0 Å². The highest BCUT2D eigenvalue weighted by molar-refractivity contribution is 7.13. The summed E-state index contributed by atoms with van der Waals surface area (Å²) in [6.07, 6.45) is 0.211. The van der Waals surface area contributed by atoms with Crippen LogP contribution in [-0.4, -0.2) is 52.9 Å². The molecular weight excluding hydrogens is 439 g/mol. The lowest BCUT2D eigenvalue weighted by Gasteiger charge is -2.34. The Labute approximate surface area is 188 Å². The summed E-state index contributed by atoms with van der Waals surface area (Å²) in [5.41, 5.74) is 2.10. The van der Waals surface area contributed by atoms with Crippen LogP contribution in [0.15, 0.2) is 53.9 Å². The van der Waals surface area contributed by atoms with E-state index in [0.717, 1.165) is 10.6 Å². The molecule has 1 N–H and O–H groups in total. The molecule has 2 aromatic carbocycles. The van der Waals surface area contributed by atoms with E-state index in [2.05, 4.69) is 10.3 Å². The SMILES string of the molecule is O=C(Cc1csc(-c2ccccc2Cl)n1)N1CCN(C(=O)Nc2ccc(F)cc2)CC1. The van der Waals surface area contributed by atoms with E-state index in [9.17, 15) is 14.0 Å². The number of carbonyl (C=O) groups is 2. The summed E-state index contributed by atoms with van der Waals surface area (Å²) in [7, 11) is 0. The van der Waals surface area contributed by atoms with Crippen molar-refractivity contribution in [3.63, 3.8) is 0 Å². The fraction of sp³-hybridized carbons (Fsp3) is 0.227. The number of rotatable bonds is 4. The molecule has 6 nitrogen and oxygen atoms in total. The fourth-order valence-electron chi connectivity index (χ4n) is 3.31. The van der Waals surface area contributed by atoms with E-state index in [1.54, 1.807) is 9.80 Å². The van der Waals surface area contributed by atoms with Gasteiger partial charge in [-0.05, 0) is 30.3 Å². The van der Waals surface area contributed by atoms with Gasteiger partial charge >= 0.3 is 6.03 Å². The van der Waals surface area contributed by atoms with E-state index in [1.165, 1.54) is 35.6 Å². The van der Waals surface area contributed by atoms with Gasteiger partial charge in [0.25, 0.3) is 0 Å². The normalized spacial score (nSPS) is 13.9. The molecule has 9 heteroatoms. The highest BCUT2D eigenvalue weighted by Gasteiger charge is 2.25. The molecule has 0 atom stereocenters. The first kappa shape index (κ1) is 21.3. The van der Waals surface area contributed by atoms with Crippen LogP contribution in [-0.2, 0) is 11.2 Å². The molecule has 2 heterocycles. The van der Waals surface area contributed by atoms with Crippen LogP contribution in [0.4, 0.5) is 14.9 Å². The third-order valence-electron chi connectivity index (χ3n) is 5.00. The van der Waals surface area contributed by atoms with Crippen LogP contribution in [0.25, 0.3) is 10.6 Å². The standard InChI is InChI=1S/C22H20ClFN4O2S/c23-19-4-2-1-3-18(19)21-25-17(14-31-21)13-20(29)27-9-11-28(12-10-27)22(30)26-16-7-5-15(24)6-8-16/h1-8,14H,9-13H2,(H,26,30). The lowest BCUT2D eigenvalue weighted by Crippen LogP contribution is -2.52. The minimum Gasteiger partial charge on any atom is -0.339 e. The molecule has 1 saturated heterocycles. The molecule has 0 radical (unpaired) electrons. The Morgan fingerprint density at radius 3 is 2.42 bits per heavy atom. The van der Waals surface area contributed by atoms with Crippen molar-refractivity contribution < 1.29 is 14.0 Å². The second-order valence-corrected chi connectivity index (χ2v) is 8.37. The molecule has 1 fully saturated rings. The minimum absolute atomic E-state index is 0.0189. The van der Waals surface area contributed by atoms with Crippen molar-refractivity contribution in [3.8, 4) is 10.6 Å². The van der Waals surface area contributed by atoms with Crippen molar-refractivity contribution in [2.24, 2.45) is 0 Å². The van der Waals surface area contributed by atoms with Crippen LogP contribution >= 0.6 is 22.9 Å². The first-order valence-electron chi connectivity index (χ1n) is 9.78. The van der Waals surface area contributed by atoms with Gasteiger partial charge in [0.1, 0.15) is 10.8 Å². The first-order chi connectivity index (χ1) is 15.0. The number of aromatic nitrogens is 1. The Bertz CT molecular complexity index is 1080. The van der Waals surface area contributed by atoms with Gasteiger partial charge in [-0.25, -0.2) is 14.2 Å². The van der Waals surface area contributed by atoms with Crippen LogP contribution in [0.5, 0.6) is 0 Å². The van der Waals surface area contributed by atoms with E-state index in [0.29, 0.717) is 42.6 Å². The molecule has 4 rings (SSSR count). The molecule has 0 spiro atoms. The van der Waals surface area contributed by atoms with Crippen molar-refractivity contribution in [2.75, 3.05) is 31.5 Å². The van der Waals surface area contributed by atoms with Crippen molar-refractivity contribution in [1.82, 2.24) is 14.8 Å². The van der Waals surface area contributed by atoms with Gasteiger partial charge in [-0.2, -0.15) is 0 Å². The molecule has 3 aromatic rings. The number of piperazine rings is 1. The summed E-state index contributed by atoms with van der Waals surface area (Å²) in [5, 5.41) is 6.04. The van der Waals surface area contributed by atoms with Gasteiger partial charge < -0.3 is 15.1 Å². The number of carbonyl (C=O) groups excluding carboxylic acids is 2. The monoisotopic (exact) mass is 458 g/mol. The highest BCUT2D eigenvalue weighted by atomic mass is 35.5. The van der Waals surface area contributed by atoms with Gasteiger partial charge in [-0.3, -0.25) is 4.79 Å². The van der Waals surface area contributed by atoms with E-state index in [-0.39, 0.29) is 24.2 Å². The summed E-state index contributed by atoms with van der Waals surface area (Å²) in [5.74, 6) is -0.376. The average Bonchev–Trinajstić information content (AvgIpc) is 3.24. The van der Waals surface area contributed by atoms with E-state index < -0.39 is 0 Å². The van der Waals surface area contributed by atoms with Gasteiger partial charge in [-0.15, -0.1) is 11.3 Å². The molecule has 0 unspecified atom stereocenters. The van der Waals surface area contributed by atoms with Crippen LogP contribution < -0.4 is 5.32 Å². The van der Waals surface area contributed by atoms with Gasteiger partial charge in [0, 0.05) is 42.8 Å². The zero-order valence-electron chi connectivity index (χ0n) is 16.6. The molecule has 0 saturated carbocycles. The third kappa shape index (κ3) is 5.21. The number of urea groups is 1. The van der Waals surface area contributed by atoms with Crippen molar-refractivity contribution in [2.45, 2.75) is 6.42 Å². The topological polar surface area (TPSA) is 65.5 Å². The highest BCUT2D eigenvalue weighted by Crippen LogP contribution is 2.30. The molecular formula is C22H20ClFN4O2S. The summed E-state index contributed by atoms with van der Waals surface area (Å²) < 4.78 is 13.0. The molecule has 3 amide bonds. The van der Waals surface area contributed by atoms with Crippen molar-refractivity contribution in [3.05, 3.63) is 70.4 Å². The predicted molar refractivity (Wildman–Crippen MR) is 120 cm³/mol. The summed E-state index contributed by atoms with van der Waals surface area (Å²) >= 11 is 7.69. The summed E-state index contributed by atoms with van der Waals surface area (Å²) in [4.78, 5) is 33.0. The Morgan fingerprint density at radius 2 is 1.71 bits per heavy atom. The minimum atomic E-state index is -0.357. The maximum atomic E-state index is 13.0. The Kier molecular flexibility index (Phi) is 6.48.